The second-order valence-corrected chi connectivity index (χ2v) is 6.72. The molecule has 0 bridgehead atoms. The maximum absolute atomic E-state index is 12.7. The molecule has 25 heavy (non-hydrogen) atoms. The molecule has 0 radical (unpaired) electrons. The summed E-state index contributed by atoms with van der Waals surface area (Å²) in [6.45, 7) is 6.65. The van der Waals surface area contributed by atoms with Gasteiger partial charge in [0.15, 0.2) is 0 Å². The topological polar surface area (TPSA) is 56.4 Å². The number of amides is 2. The van der Waals surface area contributed by atoms with Crippen LogP contribution in [-0.4, -0.2) is 52.8 Å². The minimum absolute atomic E-state index is 0.00817. The lowest BCUT2D eigenvalue weighted by atomic mass is 10.0. The maximum atomic E-state index is 12.7. The molecule has 0 unspecified atom stereocenters. The normalized spacial score (nSPS) is 15.1. The fourth-order valence-corrected chi connectivity index (χ4v) is 3.27. The molecule has 1 N–H and O–H groups in total. The number of carbonyl (C=O) groups is 2. The van der Waals surface area contributed by atoms with Gasteiger partial charge in [0.25, 0.3) is 5.91 Å². The van der Waals surface area contributed by atoms with E-state index >= 15 is 0 Å². The van der Waals surface area contributed by atoms with Crippen LogP contribution >= 0.6 is 0 Å². The van der Waals surface area contributed by atoms with E-state index in [4.69, 9.17) is 0 Å². The molecule has 2 heterocycles. The molecule has 2 aromatic rings. The van der Waals surface area contributed by atoms with E-state index in [1.165, 1.54) is 5.56 Å². The molecule has 5 nitrogen and oxygen atoms in total. The predicted octanol–water partition coefficient (Wildman–Crippen LogP) is 2.55. The van der Waals surface area contributed by atoms with Crippen molar-refractivity contribution in [1.82, 2.24) is 14.8 Å². The van der Waals surface area contributed by atoms with Crippen molar-refractivity contribution in [2.45, 2.75) is 26.7 Å². The Kier molecular flexibility index (Phi) is 5.22. The Balaban J connectivity index is 1.61. The Morgan fingerprint density at radius 1 is 1.04 bits per heavy atom. The summed E-state index contributed by atoms with van der Waals surface area (Å²) in [6, 6.07) is 9.84. The fourth-order valence-electron chi connectivity index (χ4n) is 3.27. The Morgan fingerprint density at radius 3 is 2.56 bits per heavy atom. The molecule has 0 atom stereocenters. The zero-order valence-corrected chi connectivity index (χ0v) is 14.9. The van der Waals surface area contributed by atoms with Crippen LogP contribution in [-0.2, 0) is 11.2 Å². The lowest BCUT2D eigenvalue weighted by Gasteiger charge is -2.22. The van der Waals surface area contributed by atoms with Gasteiger partial charge in [-0.3, -0.25) is 9.59 Å². The molecule has 0 saturated carbocycles. The third kappa shape index (κ3) is 4.10. The first-order valence-corrected chi connectivity index (χ1v) is 8.81. The van der Waals surface area contributed by atoms with Gasteiger partial charge in [0, 0.05) is 32.4 Å². The molecular weight excluding hydrogens is 314 g/mol. The van der Waals surface area contributed by atoms with Crippen molar-refractivity contribution in [3.8, 4) is 0 Å². The van der Waals surface area contributed by atoms with Crippen molar-refractivity contribution in [1.29, 1.82) is 0 Å². The first kappa shape index (κ1) is 17.3. The number of aryl methyl sites for hydroxylation is 2. The van der Waals surface area contributed by atoms with Crippen molar-refractivity contribution in [3.05, 3.63) is 58.9 Å². The average Bonchev–Trinajstić information content (AvgIpc) is 3.02. The lowest BCUT2D eigenvalue weighted by Crippen LogP contribution is -2.38. The van der Waals surface area contributed by atoms with Crippen LogP contribution in [0.5, 0.6) is 0 Å². The van der Waals surface area contributed by atoms with Gasteiger partial charge < -0.3 is 14.8 Å². The van der Waals surface area contributed by atoms with Crippen LogP contribution in [0.3, 0.4) is 0 Å². The van der Waals surface area contributed by atoms with Crippen LogP contribution < -0.4 is 0 Å². The summed E-state index contributed by atoms with van der Waals surface area (Å²) in [5.41, 5.74) is 4.02. The van der Waals surface area contributed by atoms with E-state index < -0.39 is 0 Å². The average molecular weight is 339 g/mol. The summed E-state index contributed by atoms with van der Waals surface area (Å²) in [5, 5.41) is 0. The van der Waals surface area contributed by atoms with E-state index in [-0.39, 0.29) is 11.8 Å². The summed E-state index contributed by atoms with van der Waals surface area (Å²) < 4.78 is 0. The van der Waals surface area contributed by atoms with Gasteiger partial charge in [0.05, 0.1) is 6.42 Å². The number of benzene rings is 1. The van der Waals surface area contributed by atoms with Crippen LogP contribution in [0.4, 0.5) is 0 Å². The molecule has 0 spiro atoms. The SMILES string of the molecule is Cc1ccc(C)c(CC(=O)N2CCCN(C(=O)c3ccc[nH]3)CC2)c1. The predicted molar refractivity (Wildman–Crippen MR) is 97.5 cm³/mol. The first-order valence-electron chi connectivity index (χ1n) is 8.81. The zero-order valence-electron chi connectivity index (χ0n) is 14.9. The number of rotatable bonds is 3. The molecule has 1 aliphatic rings. The minimum atomic E-state index is 0.00817. The smallest absolute Gasteiger partial charge is 0.270 e. The number of nitrogens with one attached hydrogen (secondary N) is 1. The molecule has 3 rings (SSSR count). The van der Waals surface area contributed by atoms with Gasteiger partial charge in [-0.2, -0.15) is 0 Å². The number of hydrogen-bond donors (Lipinski definition) is 1. The largest absolute Gasteiger partial charge is 0.357 e. The zero-order chi connectivity index (χ0) is 17.8. The molecule has 1 aromatic carbocycles. The van der Waals surface area contributed by atoms with Gasteiger partial charge in [-0.25, -0.2) is 0 Å². The van der Waals surface area contributed by atoms with Crippen molar-refractivity contribution < 1.29 is 9.59 Å². The molecule has 5 heteroatoms. The maximum Gasteiger partial charge on any atom is 0.270 e. The number of carbonyl (C=O) groups excluding carboxylic acids is 2. The molecule has 1 aromatic heterocycles. The Morgan fingerprint density at radius 2 is 1.80 bits per heavy atom. The number of aromatic nitrogens is 1. The Hall–Kier alpha value is -2.56. The van der Waals surface area contributed by atoms with Crippen molar-refractivity contribution in [2.24, 2.45) is 0 Å². The molecule has 0 aliphatic carbocycles. The molecule has 1 saturated heterocycles. The van der Waals surface area contributed by atoms with Crippen molar-refractivity contribution in [2.75, 3.05) is 26.2 Å². The van der Waals surface area contributed by atoms with Crippen LogP contribution in [0.1, 0.15) is 33.6 Å². The minimum Gasteiger partial charge on any atom is -0.357 e. The summed E-state index contributed by atoms with van der Waals surface area (Å²) in [6.07, 6.45) is 2.99. The van der Waals surface area contributed by atoms with Crippen LogP contribution in [0.2, 0.25) is 0 Å². The van der Waals surface area contributed by atoms with Gasteiger partial charge in [-0.1, -0.05) is 23.8 Å². The van der Waals surface area contributed by atoms with Gasteiger partial charge in [0.2, 0.25) is 5.91 Å². The van der Waals surface area contributed by atoms with Gasteiger partial charge in [-0.05, 0) is 43.5 Å². The van der Waals surface area contributed by atoms with Gasteiger partial charge in [-0.15, -0.1) is 0 Å². The van der Waals surface area contributed by atoms with Crippen molar-refractivity contribution >= 4 is 11.8 Å². The number of nitrogens with zero attached hydrogens (tertiary/aromatic N) is 2. The van der Waals surface area contributed by atoms with E-state index in [2.05, 4.69) is 23.2 Å². The molecule has 132 valence electrons. The third-order valence-electron chi connectivity index (χ3n) is 4.81. The standard InChI is InChI=1S/C20H25N3O2/c1-15-6-7-16(2)17(13-15)14-19(24)22-9-4-10-23(12-11-22)20(25)18-5-3-8-21-18/h3,5-8,13,21H,4,9-12,14H2,1-2H3. The number of aromatic amines is 1. The van der Waals surface area contributed by atoms with Gasteiger partial charge in [0.1, 0.15) is 5.69 Å². The molecular formula is C20H25N3O2. The summed E-state index contributed by atoms with van der Waals surface area (Å²) in [4.78, 5) is 31.8. The summed E-state index contributed by atoms with van der Waals surface area (Å²) in [7, 11) is 0. The highest BCUT2D eigenvalue weighted by Gasteiger charge is 2.23. The summed E-state index contributed by atoms with van der Waals surface area (Å²) in [5.74, 6) is 0.150. The molecule has 1 aliphatic heterocycles. The monoisotopic (exact) mass is 339 g/mol. The second-order valence-electron chi connectivity index (χ2n) is 6.72. The van der Waals surface area contributed by atoms with Crippen LogP contribution in [0.15, 0.2) is 36.5 Å². The second kappa shape index (κ2) is 7.55. The highest BCUT2D eigenvalue weighted by Crippen LogP contribution is 2.14. The number of H-pyrrole nitrogens is 1. The van der Waals surface area contributed by atoms with E-state index in [9.17, 15) is 9.59 Å². The third-order valence-corrected chi connectivity index (χ3v) is 4.81. The summed E-state index contributed by atoms with van der Waals surface area (Å²) >= 11 is 0. The van der Waals surface area contributed by atoms with Crippen LogP contribution in [0, 0.1) is 13.8 Å². The highest BCUT2D eigenvalue weighted by atomic mass is 16.2. The Labute approximate surface area is 148 Å². The fraction of sp³-hybridized carbons (Fsp3) is 0.400. The molecule has 1 fully saturated rings. The highest BCUT2D eigenvalue weighted by molar-refractivity contribution is 5.92. The first-order chi connectivity index (χ1) is 12.0. The Bertz CT molecular complexity index is 752. The molecule has 2 amide bonds. The van der Waals surface area contributed by atoms with E-state index in [1.807, 2.05) is 29.7 Å². The van der Waals surface area contributed by atoms with Crippen LogP contribution in [0.25, 0.3) is 0 Å². The van der Waals surface area contributed by atoms with Gasteiger partial charge >= 0.3 is 0 Å². The number of hydrogen-bond acceptors (Lipinski definition) is 2. The van der Waals surface area contributed by atoms with E-state index in [1.54, 1.807) is 12.3 Å². The van der Waals surface area contributed by atoms with E-state index in [0.29, 0.717) is 38.3 Å². The lowest BCUT2D eigenvalue weighted by molar-refractivity contribution is -0.130. The quantitative estimate of drug-likeness (QED) is 0.934. The van der Waals surface area contributed by atoms with Crippen molar-refractivity contribution in [3.63, 3.8) is 0 Å². The van der Waals surface area contributed by atoms with E-state index in [0.717, 1.165) is 17.5 Å².